The second kappa shape index (κ2) is 20.2. The molecule has 0 saturated carbocycles. The molecule has 0 unspecified atom stereocenters. The molecule has 3 aromatic carbocycles. The molecule has 19 nitrogen and oxygen atoms in total. The van der Waals surface area contributed by atoms with Crippen LogP contribution in [-0.4, -0.2) is 169 Å². The zero-order chi connectivity index (χ0) is 47.4. The van der Waals surface area contributed by atoms with Crippen molar-refractivity contribution in [1.29, 1.82) is 0 Å². The van der Waals surface area contributed by atoms with Crippen LogP contribution in [0.1, 0.15) is 24.2 Å². The first-order chi connectivity index (χ1) is 34.5. The maximum Gasteiger partial charge on any atom is 0.253 e. The highest BCUT2D eigenvalue weighted by atomic mass is 16.5. The topological polar surface area (TPSA) is 188 Å². The molecule has 0 bridgehead atoms. The van der Waals surface area contributed by atoms with Crippen molar-refractivity contribution in [2.75, 3.05) is 142 Å². The summed E-state index contributed by atoms with van der Waals surface area (Å²) in [4.78, 5) is 61.4. The third-order valence-electron chi connectivity index (χ3n) is 13.6. The van der Waals surface area contributed by atoms with Crippen LogP contribution in [-0.2, 0) is 0 Å². The fraction of sp³-hybridized carbons (Fsp3) is 0.392. The van der Waals surface area contributed by atoms with Gasteiger partial charge >= 0.3 is 0 Å². The Labute approximate surface area is 406 Å². The van der Waals surface area contributed by atoms with E-state index in [4.69, 9.17) is 29.4 Å². The van der Waals surface area contributed by atoms with Crippen molar-refractivity contribution in [2.45, 2.75) is 13.8 Å². The van der Waals surface area contributed by atoms with Crippen LogP contribution >= 0.6 is 0 Å². The van der Waals surface area contributed by atoms with Crippen LogP contribution in [0.2, 0.25) is 0 Å². The number of benzene rings is 3. The average molecular weight is 945 g/mol. The van der Waals surface area contributed by atoms with Gasteiger partial charge in [0.15, 0.2) is 0 Å². The van der Waals surface area contributed by atoms with Crippen molar-refractivity contribution in [3.05, 3.63) is 90.8 Å². The molecule has 4 saturated heterocycles. The van der Waals surface area contributed by atoms with Crippen LogP contribution in [0.15, 0.2) is 85.2 Å². The molecule has 0 radical (unpaired) electrons. The number of hydrogen-bond donors (Lipinski definition) is 4. The van der Waals surface area contributed by atoms with Gasteiger partial charge in [0.2, 0.25) is 29.6 Å². The molecule has 4 N–H and O–H groups in total. The number of anilines is 5. The highest BCUT2D eigenvalue weighted by molar-refractivity contribution is 6.08. The lowest BCUT2D eigenvalue weighted by Crippen LogP contribution is -2.48. The summed E-state index contributed by atoms with van der Waals surface area (Å²) in [6, 6.07) is 24.4. The second-order valence-corrected chi connectivity index (χ2v) is 17.8. The van der Waals surface area contributed by atoms with Gasteiger partial charge in [0.1, 0.15) is 22.1 Å². The van der Waals surface area contributed by atoms with Crippen LogP contribution in [0.3, 0.4) is 0 Å². The van der Waals surface area contributed by atoms with Crippen LogP contribution in [0.4, 0.5) is 29.2 Å². The number of aromatic amines is 2. The molecule has 5 aromatic heterocycles. The fourth-order valence-corrected chi connectivity index (χ4v) is 9.87. The molecule has 4 aliphatic rings. The van der Waals surface area contributed by atoms with E-state index in [1.54, 1.807) is 12.4 Å². The van der Waals surface area contributed by atoms with Crippen molar-refractivity contribution >= 4 is 79.0 Å². The first kappa shape index (κ1) is 45.0. The molecule has 0 spiro atoms. The summed E-state index contributed by atoms with van der Waals surface area (Å²) in [5.74, 6) is 3.58. The molecule has 8 aromatic rings. The number of piperazine rings is 4. The van der Waals surface area contributed by atoms with Crippen LogP contribution in [0.25, 0.3) is 43.9 Å². The molecule has 1 amide bonds. The third-order valence-corrected chi connectivity index (χ3v) is 13.6. The number of carbonyl (C=O) groups is 1. The first-order valence-electron chi connectivity index (χ1n) is 24.7. The van der Waals surface area contributed by atoms with E-state index in [0.717, 1.165) is 165 Å². The Morgan fingerprint density at radius 3 is 1.46 bits per heavy atom. The summed E-state index contributed by atoms with van der Waals surface area (Å²) in [6.07, 6.45) is 3.59. The lowest BCUT2D eigenvalue weighted by Gasteiger charge is -2.36. The van der Waals surface area contributed by atoms with Gasteiger partial charge in [-0.25, -0.2) is 19.9 Å². The molecule has 4 aliphatic heterocycles. The number of ether oxygens (including phenoxy) is 2. The van der Waals surface area contributed by atoms with E-state index in [1.165, 1.54) is 5.69 Å². The molecule has 362 valence electrons. The minimum Gasteiger partial charge on any atom is -0.476 e. The monoisotopic (exact) mass is 945 g/mol. The SMILES string of the molecule is CCOc1nc(N2CCNCC2)nc2c1[nH]c1cc(N3CCN(C(=O)c4ccccc4)CC3)ccc12.CCOc1nc(N2CCNCC2)nc2c1[nH]c1cc(N3CCN(c4ncccn4)CC3)ccc12. The quantitative estimate of drug-likeness (QED) is 0.145. The lowest BCUT2D eigenvalue weighted by molar-refractivity contribution is 0.0746. The van der Waals surface area contributed by atoms with E-state index in [0.29, 0.717) is 38.1 Å². The van der Waals surface area contributed by atoms with Crippen molar-refractivity contribution < 1.29 is 14.3 Å². The number of nitrogens with one attached hydrogen (secondary N) is 4. The lowest BCUT2D eigenvalue weighted by atomic mass is 10.1. The van der Waals surface area contributed by atoms with Crippen molar-refractivity contribution in [3.8, 4) is 11.8 Å². The van der Waals surface area contributed by atoms with E-state index in [2.05, 4.69) is 91.5 Å². The van der Waals surface area contributed by atoms with Gasteiger partial charge < -0.3 is 59.5 Å². The number of carbonyl (C=O) groups excluding carboxylic acids is 1. The largest absolute Gasteiger partial charge is 0.476 e. The van der Waals surface area contributed by atoms with Gasteiger partial charge in [-0.1, -0.05) is 18.2 Å². The zero-order valence-electron chi connectivity index (χ0n) is 39.9. The Kier molecular flexibility index (Phi) is 13.0. The van der Waals surface area contributed by atoms with E-state index in [-0.39, 0.29) is 5.91 Å². The van der Waals surface area contributed by atoms with E-state index in [1.807, 2.05) is 55.1 Å². The van der Waals surface area contributed by atoms with Gasteiger partial charge in [-0.3, -0.25) is 4.79 Å². The number of fused-ring (bicyclic) bond motifs is 6. The maximum absolute atomic E-state index is 12.8. The normalized spacial score (nSPS) is 16.8. The van der Waals surface area contributed by atoms with Gasteiger partial charge in [0, 0.05) is 145 Å². The van der Waals surface area contributed by atoms with Gasteiger partial charge in [-0.05, 0) is 68.4 Å². The highest BCUT2D eigenvalue weighted by Gasteiger charge is 2.26. The third kappa shape index (κ3) is 9.21. The summed E-state index contributed by atoms with van der Waals surface area (Å²) >= 11 is 0. The standard InChI is InChI=1S/C27H31N7O2.C24H29N9O/c1-2-36-25-24-23(30-27(31-25)34-12-10-28-11-13-34)21-9-8-20(18-22(21)29-24)32-14-16-33(17-15-32)26(35)19-6-4-3-5-7-19;1-2-34-22-21-20(29-24(30-22)32-10-8-25-9-11-32)18-5-4-17(16-19(18)28-21)31-12-14-33(15-13-31)23-26-6-3-7-27-23/h3-9,18,28-29H,2,10-17H2,1H3;3-7,16,25,28H,2,8-15H2,1H3. The second-order valence-electron chi connectivity index (χ2n) is 17.8. The fourth-order valence-electron chi connectivity index (χ4n) is 9.87. The van der Waals surface area contributed by atoms with Crippen LogP contribution < -0.4 is 44.6 Å². The van der Waals surface area contributed by atoms with Gasteiger partial charge in [0.25, 0.3) is 5.91 Å². The molecule has 9 heterocycles. The van der Waals surface area contributed by atoms with Crippen molar-refractivity contribution in [1.82, 2.24) is 55.4 Å². The zero-order valence-corrected chi connectivity index (χ0v) is 39.9. The average Bonchev–Trinajstić information content (AvgIpc) is 4.00. The Morgan fingerprint density at radius 2 is 0.971 bits per heavy atom. The van der Waals surface area contributed by atoms with Gasteiger partial charge in [0.05, 0.1) is 24.2 Å². The molecule has 4 fully saturated rings. The predicted molar refractivity (Wildman–Crippen MR) is 276 cm³/mol. The van der Waals surface area contributed by atoms with Crippen molar-refractivity contribution in [3.63, 3.8) is 0 Å². The Hall–Kier alpha value is -7.51. The minimum absolute atomic E-state index is 0.101. The molecule has 19 heteroatoms. The number of hydrogen-bond acceptors (Lipinski definition) is 16. The number of H-pyrrole nitrogens is 2. The van der Waals surface area contributed by atoms with Gasteiger partial charge in [-0.2, -0.15) is 9.97 Å². The first-order valence-corrected chi connectivity index (χ1v) is 24.7. The molecule has 0 atom stereocenters. The number of nitrogens with zero attached hydrogens (tertiary/aromatic N) is 12. The molecule has 70 heavy (non-hydrogen) atoms. The van der Waals surface area contributed by atoms with Crippen LogP contribution in [0.5, 0.6) is 11.8 Å². The Bertz CT molecular complexity index is 3070. The molecule has 12 rings (SSSR count). The van der Waals surface area contributed by atoms with E-state index in [9.17, 15) is 4.79 Å². The Morgan fingerprint density at radius 1 is 0.514 bits per heavy atom. The van der Waals surface area contributed by atoms with Crippen molar-refractivity contribution in [2.24, 2.45) is 0 Å². The summed E-state index contributed by atoms with van der Waals surface area (Å²) in [5.41, 5.74) is 8.64. The summed E-state index contributed by atoms with van der Waals surface area (Å²) in [6.45, 7) is 18.9. The molecular formula is C51H60N16O3. The number of amides is 1. The van der Waals surface area contributed by atoms with E-state index < -0.39 is 0 Å². The number of rotatable bonds is 10. The molecule has 0 aliphatic carbocycles. The minimum atomic E-state index is 0.101. The van der Waals surface area contributed by atoms with Gasteiger partial charge in [-0.15, -0.1) is 0 Å². The van der Waals surface area contributed by atoms with E-state index >= 15 is 0 Å². The maximum atomic E-state index is 12.8. The Balaban J connectivity index is 0.000000153. The van der Waals surface area contributed by atoms with Crippen LogP contribution in [0, 0.1) is 0 Å². The summed E-state index contributed by atoms with van der Waals surface area (Å²) in [5, 5.41) is 8.92. The smallest absolute Gasteiger partial charge is 0.253 e. The number of aromatic nitrogens is 8. The summed E-state index contributed by atoms with van der Waals surface area (Å²) in [7, 11) is 0. The highest BCUT2D eigenvalue weighted by Crippen LogP contribution is 2.35. The summed E-state index contributed by atoms with van der Waals surface area (Å²) < 4.78 is 11.9. The predicted octanol–water partition coefficient (Wildman–Crippen LogP) is 4.92. The molecular weight excluding hydrogens is 885 g/mol.